The van der Waals surface area contributed by atoms with Gasteiger partial charge in [0.1, 0.15) is 5.69 Å². The molecule has 2 spiro atoms. The van der Waals surface area contributed by atoms with Crippen LogP contribution < -0.4 is 0 Å². The molecular formula is C36H48N2O4S2. The quantitative estimate of drug-likeness (QED) is 0.197. The lowest BCUT2D eigenvalue weighted by atomic mass is 9.78. The molecule has 6 nitrogen and oxygen atoms in total. The van der Waals surface area contributed by atoms with Crippen molar-refractivity contribution in [3.05, 3.63) is 45.7 Å². The van der Waals surface area contributed by atoms with Crippen molar-refractivity contribution >= 4 is 22.7 Å². The van der Waals surface area contributed by atoms with Gasteiger partial charge < -0.3 is 18.9 Å². The van der Waals surface area contributed by atoms with Crippen molar-refractivity contribution in [1.82, 2.24) is 9.97 Å². The van der Waals surface area contributed by atoms with Gasteiger partial charge in [-0.15, -0.1) is 22.7 Å². The van der Waals surface area contributed by atoms with Crippen molar-refractivity contribution in [2.45, 2.75) is 122 Å². The highest BCUT2D eigenvalue weighted by molar-refractivity contribution is 7.14. The Balaban J connectivity index is 1.25. The summed E-state index contributed by atoms with van der Waals surface area (Å²) < 4.78 is 27.6. The summed E-state index contributed by atoms with van der Waals surface area (Å²) in [4.78, 5) is 12.2. The zero-order valence-electron chi connectivity index (χ0n) is 27.0. The lowest BCUT2D eigenvalue weighted by molar-refractivity contribution is -0.292. The summed E-state index contributed by atoms with van der Waals surface area (Å²) in [5.41, 5.74) is 10.4. The number of benzene rings is 1. The van der Waals surface area contributed by atoms with Gasteiger partial charge in [0.15, 0.2) is 5.79 Å². The fourth-order valence-corrected chi connectivity index (χ4v) is 9.72. The molecule has 0 unspecified atom stereocenters. The summed E-state index contributed by atoms with van der Waals surface area (Å²) in [6, 6.07) is 4.72. The summed E-state index contributed by atoms with van der Waals surface area (Å²) >= 11 is 3.41. The van der Waals surface area contributed by atoms with E-state index < -0.39 is 17.0 Å². The lowest BCUT2D eigenvalue weighted by Gasteiger charge is -2.46. The van der Waals surface area contributed by atoms with E-state index in [-0.39, 0.29) is 5.41 Å². The first kappa shape index (κ1) is 30.9. The highest BCUT2D eigenvalue weighted by Gasteiger charge is 2.57. The minimum atomic E-state index is -0.947. The number of ether oxygens (including phenoxy) is 4. The van der Waals surface area contributed by atoms with Crippen molar-refractivity contribution in [1.29, 1.82) is 0 Å². The number of nitrogens with zero attached hydrogens (tertiary/aromatic N) is 2. The van der Waals surface area contributed by atoms with Crippen LogP contribution in [0.15, 0.2) is 23.2 Å². The number of thiazole rings is 2. The Morgan fingerprint density at radius 1 is 0.614 bits per heavy atom. The molecule has 2 aliphatic heterocycles. The van der Waals surface area contributed by atoms with Crippen LogP contribution in [0.5, 0.6) is 0 Å². The summed E-state index contributed by atoms with van der Waals surface area (Å²) in [6.07, 6.45) is 13.5. The number of fused-ring (bicyclic) bond motifs is 10. The molecule has 0 N–H and O–H groups in total. The first-order valence-electron chi connectivity index (χ1n) is 17.1. The molecule has 44 heavy (non-hydrogen) atoms. The fourth-order valence-electron chi connectivity index (χ4n) is 7.94. The van der Waals surface area contributed by atoms with Crippen molar-refractivity contribution in [3.8, 4) is 20.9 Å². The molecule has 7 rings (SSSR count). The largest absolute Gasteiger partial charge is 0.348 e. The first-order chi connectivity index (χ1) is 21.5. The maximum atomic E-state index is 6.98. The molecule has 0 bridgehead atoms. The van der Waals surface area contributed by atoms with E-state index in [1.807, 2.05) is 11.0 Å². The van der Waals surface area contributed by atoms with Crippen LogP contribution in [0.1, 0.15) is 127 Å². The number of aromatic nitrogens is 2. The summed E-state index contributed by atoms with van der Waals surface area (Å²) in [7, 11) is 0. The van der Waals surface area contributed by atoms with E-state index in [0.29, 0.717) is 26.4 Å². The molecule has 2 fully saturated rings. The highest BCUT2D eigenvalue weighted by Crippen LogP contribution is 2.60. The zero-order valence-corrected chi connectivity index (χ0v) is 28.6. The number of unbranched alkanes of at least 4 members (excludes halogenated alkanes) is 4. The van der Waals surface area contributed by atoms with Crippen LogP contribution >= 0.6 is 22.7 Å². The third-order valence-electron chi connectivity index (χ3n) is 10.7. The molecule has 238 valence electrons. The third kappa shape index (κ3) is 4.77. The Hall–Kier alpha value is -1.68. The molecular weight excluding hydrogens is 589 g/mol. The third-order valence-corrected chi connectivity index (χ3v) is 12.4. The van der Waals surface area contributed by atoms with Crippen LogP contribution in [-0.4, -0.2) is 42.2 Å². The van der Waals surface area contributed by atoms with Crippen LogP contribution in [0, 0.1) is 5.41 Å². The summed E-state index contributed by atoms with van der Waals surface area (Å²) in [6.45, 7) is 11.6. The molecule has 0 amide bonds. The van der Waals surface area contributed by atoms with Crippen LogP contribution in [0.3, 0.4) is 0 Å². The van der Waals surface area contributed by atoms with Gasteiger partial charge in [0.25, 0.3) is 0 Å². The Labute approximate surface area is 270 Å². The molecule has 2 saturated heterocycles. The SMILES string of the molecule is CCCCC1(CCCC)COC2(OC1)c1cc3c(cc1-c1scnc12)C1(COC(CCCC)(CCCC)OC1)c1ncsc1-3. The van der Waals surface area contributed by atoms with Crippen LogP contribution in [0.25, 0.3) is 20.9 Å². The van der Waals surface area contributed by atoms with Gasteiger partial charge >= 0.3 is 0 Å². The molecule has 8 heteroatoms. The molecule has 0 atom stereocenters. The minimum Gasteiger partial charge on any atom is -0.348 e. The van der Waals surface area contributed by atoms with E-state index in [2.05, 4.69) is 39.8 Å². The minimum absolute atomic E-state index is 0.0701. The van der Waals surface area contributed by atoms with E-state index in [0.717, 1.165) is 73.2 Å². The maximum Gasteiger partial charge on any atom is 0.242 e. The first-order valence-corrected chi connectivity index (χ1v) is 18.9. The van der Waals surface area contributed by atoms with Gasteiger partial charge in [-0.25, -0.2) is 9.97 Å². The van der Waals surface area contributed by atoms with E-state index in [4.69, 9.17) is 28.9 Å². The predicted molar refractivity (Wildman–Crippen MR) is 177 cm³/mol. The second-order valence-electron chi connectivity index (χ2n) is 13.7. The normalized spacial score (nSPS) is 21.4. The number of hydrogen-bond acceptors (Lipinski definition) is 8. The summed E-state index contributed by atoms with van der Waals surface area (Å²) in [5.74, 6) is -1.44. The van der Waals surface area contributed by atoms with E-state index >= 15 is 0 Å². The van der Waals surface area contributed by atoms with Crippen molar-refractivity contribution < 1.29 is 18.9 Å². The predicted octanol–water partition coefficient (Wildman–Crippen LogP) is 9.58. The van der Waals surface area contributed by atoms with Gasteiger partial charge in [0.05, 0.1) is 58.3 Å². The number of hydrogen-bond donors (Lipinski definition) is 0. The lowest BCUT2D eigenvalue weighted by Crippen LogP contribution is -2.52. The standard InChI is InChI=1S/C36H48N2O4S2/c1-5-9-13-33(14-10-6-2)19-41-36(42-20-33)28-18-25-27(17-26(28)30-32(36)38-24-44-30)34(31-29(25)43-23-37-31)21-39-35(40-22-34,15-11-7-3)16-12-8-4/h17-18,23-24H,5-16,19-22H2,1-4H3. The second-order valence-corrected chi connectivity index (χ2v) is 15.4. The average molecular weight is 637 g/mol. The molecule has 4 heterocycles. The van der Waals surface area contributed by atoms with Gasteiger partial charge in [0, 0.05) is 29.4 Å². The van der Waals surface area contributed by atoms with Gasteiger partial charge in [0.2, 0.25) is 5.79 Å². The Morgan fingerprint density at radius 2 is 1.11 bits per heavy atom. The smallest absolute Gasteiger partial charge is 0.242 e. The van der Waals surface area contributed by atoms with Gasteiger partial charge in [-0.2, -0.15) is 0 Å². The maximum absolute atomic E-state index is 6.98. The van der Waals surface area contributed by atoms with Gasteiger partial charge in [-0.1, -0.05) is 66.2 Å². The molecule has 0 radical (unpaired) electrons. The molecule has 2 aromatic heterocycles. The Kier molecular flexibility index (Phi) is 8.55. The Morgan fingerprint density at radius 3 is 1.70 bits per heavy atom. The van der Waals surface area contributed by atoms with Crippen LogP contribution in [0.4, 0.5) is 0 Å². The van der Waals surface area contributed by atoms with E-state index in [1.165, 1.54) is 47.3 Å². The van der Waals surface area contributed by atoms with E-state index in [9.17, 15) is 0 Å². The molecule has 3 aromatic rings. The van der Waals surface area contributed by atoms with Gasteiger partial charge in [-0.3, -0.25) is 0 Å². The average Bonchev–Trinajstić information content (AvgIpc) is 3.83. The van der Waals surface area contributed by atoms with Crippen LogP contribution in [-0.2, 0) is 30.1 Å². The molecule has 2 aliphatic carbocycles. The Bertz CT molecular complexity index is 1330. The topological polar surface area (TPSA) is 62.7 Å². The van der Waals surface area contributed by atoms with E-state index in [1.54, 1.807) is 22.7 Å². The van der Waals surface area contributed by atoms with Gasteiger partial charge in [-0.05, 0) is 48.9 Å². The molecule has 1 aromatic carbocycles. The number of rotatable bonds is 12. The highest BCUT2D eigenvalue weighted by atomic mass is 32.1. The second kappa shape index (κ2) is 12.2. The van der Waals surface area contributed by atoms with Crippen molar-refractivity contribution in [2.24, 2.45) is 5.41 Å². The zero-order chi connectivity index (χ0) is 30.4. The fraction of sp³-hybridized carbons (Fsp3) is 0.667. The van der Waals surface area contributed by atoms with Crippen LogP contribution in [0.2, 0.25) is 0 Å². The van der Waals surface area contributed by atoms with Crippen molar-refractivity contribution in [2.75, 3.05) is 26.4 Å². The monoisotopic (exact) mass is 636 g/mol. The molecule has 0 saturated carbocycles. The molecule has 4 aliphatic rings. The van der Waals surface area contributed by atoms with Crippen molar-refractivity contribution in [3.63, 3.8) is 0 Å². The summed E-state index contributed by atoms with van der Waals surface area (Å²) in [5, 5.41) is 0.